The van der Waals surface area contributed by atoms with Crippen molar-refractivity contribution in [3.8, 4) is 11.4 Å². The van der Waals surface area contributed by atoms with E-state index in [1.807, 2.05) is 13.0 Å². The molecule has 0 radical (unpaired) electrons. The summed E-state index contributed by atoms with van der Waals surface area (Å²) < 4.78 is 14.3. The second-order valence-electron chi connectivity index (χ2n) is 4.17. The normalized spacial score (nSPS) is 11.3. The molecule has 0 aliphatic heterocycles. The minimum Gasteiger partial charge on any atom is -0.305 e. The smallest absolute Gasteiger partial charge is 0.269 e. The van der Waals surface area contributed by atoms with Gasteiger partial charge in [0, 0.05) is 11.1 Å². The lowest BCUT2D eigenvalue weighted by Gasteiger charge is -1.97. The molecule has 1 N–H and O–H groups in total. The second-order valence-corrected chi connectivity index (χ2v) is 5.42. The van der Waals surface area contributed by atoms with E-state index in [1.165, 1.54) is 16.0 Å². The summed E-state index contributed by atoms with van der Waals surface area (Å²) in [6.45, 7) is 1.66. The predicted octanol–water partition coefficient (Wildman–Crippen LogP) is 2.13. The number of rotatable bonds is 3. The van der Waals surface area contributed by atoms with Crippen LogP contribution in [0.2, 0.25) is 0 Å². The number of hydrogen-bond donors (Lipinski definition) is 1. The van der Waals surface area contributed by atoms with Crippen molar-refractivity contribution >= 4 is 21.6 Å². The van der Waals surface area contributed by atoms with E-state index in [2.05, 4.69) is 15.1 Å². The van der Waals surface area contributed by atoms with Crippen molar-refractivity contribution in [3.63, 3.8) is 0 Å². The van der Waals surface area contributed by atoms with Crippen LogP contribution in [-0.2, 0) is 6.54 Å². The van der Waals surface area contributed by atoms with Crippen LogP contribution >= 0.6 is 11.3 Å². The van der Waals surface area contributed by atoms with Gasteiger partial charge < -0.3 is 4.98 Å². The van der Waals surface area contributed by atoms with E-state index in [4.69, 9.17) is 0 Å². The zero-order valence-electron chi connectivity index (χ0n) is 10.2. The molecule has 3 aromatic heterocycles. The molecule has 0 fully saturated rings. The molecule has 0 saturated carbocycles. The summed E-state index contributed by atoms with van der Waals surface area (Å²) in [7, 11) is 0. The quantitative estimate of drug-likeness (QED) is 0.798. The third-order valence-corrected chi connectivity index (χ3v) is 3.76. The standard InChI is InChI=1S/C12H11FN4OS/c1-7-4-9-10(19-7)12(18)16-11(15-9)8-5-14-17(6-8)3-2-13/h4-6H,2-3H2,1H3,(H,15,16,18). The number of hydrogen-bond acceptors (Lipinski definition) is 4. The fourth-order valence-electron chi connectivity index (χ4n) is 1.89. The highest BCUT2D eigenvalue weighted by Gasteiger charge is 2.10. The van der Waals surface area contributed by atoms with Gasteiger partial charge in [-0.3, -0.25) is 9.48 Å². The van der Waals surface area contributed by atoms with Crippen LogP contribution in [0.4, 0.5) is 4.39 Å². The van der Waals surface area contributed by atoms with E-state index in [0.717, 1.165) is 4.88 Å². The van der Waals surface area contributed by atoms with Crippen molar-refractivity contribution in [2.24, 2.45) is 0 Å². The van der Waals surface area contributed by atoms with Crippen LogP contribution in [0, 0.1) is 6.92 Å². The minimum absolute atomic E-state index is 0.156. The molecule has 0 atom stereocenters. The van der Waals surface area contributed by atoms with Gasteiger partial charge in [-0.2, -0.15) is 5.10 Å². The molecule has 0 aromatic carbocycles. The summed E-state index contributed by atoms with van der Waals surface area (Å²) in [5.41, 5.74) is 1.20. The Balaban J connectivity index is 2.11. The van der Waals surface area contributed by atoms with E-state index in [-0.39, 0.29) is 12.1 Å². The predicted molar refractivity (Wildman–Crippen MR) is 72.2 cm³/mol. The van der Waals surface area contributed by atoms with E-state index >= 15 is 0 Å². The van der Waals surface area contributed by atoms with Gasteiger partial charge in [-0.05, 0) is 13.0 Å². The first-order valence-corrected chi connectivity index (χ1v) is 6.58. The molecule has 0 spiro atoms. The summed E-state index contributed by atoms with van der Waals surface area (Å²) in [6, 6.07) is 1.88. The maximum atomic E-state index is 12.2. The van der Waals surface area contributed by atoms with Crippen molar-refractivity contribution in [2.45, 2.75) is 13.5 Å². The van der Waals surface area contributed by atoms with Crippen LogP contribution in [-0.4, -0.2) is 26.4 Å². The monoisotopic (exact) mass is 278 g/mol. The molecule has 3 heterocycles. The molecule has 3 aromatic rings. The maximum Gasteiger partial charge on any atom is 0.269 e. The zero-order chi connectivity index (χ0) is 13.4. The number of aryl methyl sites for hydroxylation is 2. The Hall–Kier alpha value is -2.02. The highest BCUT2D eigenvalue weighted by molar-refractivity contribution is 7.18. The van der Waals surface area contributed by atoms with Gasteiger partial charge in [0.2, 0.25) is 0 Å². The Bertz CT molecular complexity index is 788. The van der Waals surface area contributed by atoms with E-state index in [1.54, 1.807) is 12.4 Å². The Morgan fingerprint density at radius 2 is 2.37 bits per heavy atom. The lowest BCUT2D eigenvalue weighted by molar-refractivity contribution is 0.427. The molecule has 0 unspecified atom stereocenters. The lowest BCUT2D eigenvalue weighted by Crippen LogP contribution is -2.07. The Morgan fingerprint density at radius 1 is 1.53 bits per heavy atom. The highest BCUT2D eigenvalue weighted by atomic mass is 32.1. The van der Waals surface area contributed by atoms with Gasteiger partial charge in [0.25, 0.3) is 5.56 Å². The second kappa shape index (κ2) is 4.58. The largest absolute Gasteiger partial charge is 0.305 e. The van der Waals surface area contributed by atoms with Gasteiger partial charge in [-0.1, -0.05) is 0 Å². The van der Waals surface area contributed by atoms with Crippen molar-refractivity contribution < 1.29 is 4.39 Å². The number of nitrogens with zero attached hydrogens (tertiary/aromatic N) is 3. The molecule has 0 bridgehead atoms. The highest BCUT2D eigenvalue weighted by Crippen LogP contribution is 2.22. The molecule has 0 amide bonds. The topological polar surface area (TPSA) is 63.6 Å². The van der Waals surface area contributed by atoms with Gasteiger partial charge in [0.15, 0.2) is 0 Å². The average molecular weight is 278 g/mol. The number of alkyl halides is 1. The van der Waals surface area contributed by atoms with Crippen LogP contribution < -0.4 is 5.56 Å². The summed E-state index contributed by atoms with van der Waals surface area (Å²) >= 11 is 1.42. The molecular formula is C12H11FN4OS. The summed E-state index contributed by atoms with van der Waals surface area (Å²) in [5.74, 6) is 0.459. The molecule has 5 nitrogen and oxygen atoms in total. The number of thiophene rings is 1. The van der Waals surface area contributed by atoms with Crippen molar-refractivity contribution in [3.05, 3.63) is 33.7 Å². The van der Waals surface area contributed by atoms with E-state index < -0.39 is 6.67 Å². The van der Waals surface area contributed by atoms with Crippen molar-refractivity contribution in [1.82, 2.24) is 19.7 Å². The first-order chi connectivity index (χ1) is 9.17. The van der Waals surface area contributed by atoms with Gasteiger partial charge in [0.05, 0.1) is 23.8 Å². The minimum atomic E-state index is -0.478. The maximum absolute atomic E-state index is 12.2. The fraction of sp³-hybridized carbons (Fsp3) is 0.250. The molecule has 98 valence electrons. The molecule has 0 aliphatic carbocycles. The molecule has 19 heavy (non-hydrogen) atoms. The number of aromatic nitrogens is 4. The van der Waals surface area contributed by atoms with Gasteiger partial charge >= 0.3 is 0 Å². The van der Waals surface area contributed by atoms with Gasteiger partial charge in [-0.25, -0.2) is 9.37 Å². The number of nitrogens with one attached hydrogen (secondary N) is 1. The molecule has 0 aliphatic rings. The number of aromatic amines is 1. The summed E-state index contributed by atoms with van der Waals surface area (Å²) in [6.07, 6.45) is 3.24. The Kier molecular flexibility index (Phi) is 2.90. The number of halogens is 1. The van der Waals surface area contributed by atoms with Gasteiger partial charge in [-0.15, -0.1) is 11.3 Å². The molecule has 0 saturated heterocycles. The third kappa shape index (κ3) is 2.17. The Labute approximate surface area is 111 Å². The van der Waals surface area contributed by atoms with Crippen LogP contribution in [0.3, 0.4) is 0 Å². The van der Waals surface area contributed by atoms with Crippen LogP contribution in [0.25, 0.3) is 21.6 Å². The SMILES string of the molecule is Cc1cc2nc(-c3cnn(CCF)c3)[nH]c(=O)c2s1. The third-order valence-electron chi connectivity index (χ3n) is 2.73. The molecule has 7 heteroatoms. The zero-order valence-corrected chi connectivity index (χ0v) is 11.0. The summed E-state index contributed by atoms with van der Waals surface area (Å²) in [5, 5.41) is 4.01. The molecular weight excluding hydrogens is 267 g/mol. The molecule has 3 rings (SSSR count). The van der Waals surface area contributed by atoms with E-state index in [9.17, 15) is 9.18 Å². The van der Waals surface area contributed by atoms with Crippen LogP contribution in [0.1, 0.15) is 4.88 Å². The fourth-order valence-corrected chi connectivity index (χ4v) is 2.74. The average Bonchev–Trinajstić information content (AvgIpc) is 2.95. The van der Waals surface area contributed by atoms with Crippen LogP contribution in [0.15, 0.2) is 23.3 Å². The number of fused-ring (bicyclic) bond motifs is 1. The summed E-state index contributed by atoms with van der Waals surface area (Å²) in [4.78, 5) is 20.1. The van der Waals surface area contributed by atoms with E-state index in [0.29, 0.717) is 21.6 Å². The van der Waals surface area contributed by atoms with Crippen LogP contribution in [0.5, 0.6) is 0 Å². The van der Waals surface area contributed by atoms with Crippen molar-refractivity contribution in [1.29, 1.82) is 0 Å². The first-order valence-electron chi connectivity index (χ1n) is 5.76. The first kappa shape index (κ1) is 12.0. The van der Waals surface area contributed by atoms with Crippen molar-refractivity contribution in [2.75, 3.05) is 6.67 Å². The van der Waals surface area contributed by atoms with Gasteiger partial charge in [0.1, 0.15) is 17.2 Å². The number of H-pyrrole nitrogens is 1. The lowest BCUT2D eigenvalue weighted by atomic mass is 10.3. The Morgan fingerprint density at radius 3 is 3.16 bits per heavy atom.